The van der Waals surface area contributed by atoms with Crippen molar-refractivity contribution in [2.75, 3.05) is 18.5 Å². The van der Waals surface area contributed by atoms with Crippen LogP contribution in [0.1, 0.15) is 12.0 Å². The topological polar surface area (TPSA) is 64.3 Å². The van der Waals surface area contributed by atoms with Crippen LogP contribution in [0.25, 0.3) is 0 Å². The third-order valence-corrected chi connectivity index (χ3v) is 3.36. The summed E-state index contributed by atoms with van der Waals surface area (Å²) < 4.78 is 5.17. The van der Waals surface area contributed by atoms with Crippen molar-refractivity contribution in [3.05, 3.63) is 28.8 Å². The van der Waals surface area contributed by atoms with Crippen molar-refractivity contribution in [2.45, 2.75) is 6.42 Å². The molecule has 1 unspecified atom stereocenters. The van der Waals surface area contributed by atoms with Crippen LogP contribution in [0.5, 0.6) is 0 Å². The van der Waals surface area contributed by atoms with E-state index in [-0.39, 0.29) is 16.8 Å². The summed E-state index contributed by atoms with van der Waals surface area (Å²) in [5.41, 5.74) is 6.74. The minimum Gasteiger partial charge on any atom is -0.389 e. The number of rotatable bonds is 3. The van der Waals surface area contributed by atoms with Crippen LogP contribution in [0.15, 0.2) is 18.2 Å². The minimum atomic E-state index is -0.101. The molecule has 1 amide bonds. The predicted octanol–water partition coefficient (Wildman–Crippen LogP) is 1.95. The van der Waals surface area contributed by atoms with E-state index in [0.717, 1.165) is 6.42 Å². The summed E-state index contributed by atoms with van der Waals surface area (Å²) in [6.45, 7) is 1.10. The van der Waals surface area contributed by atoms with Gasteiger partial charge < -0.3 is 15.8 Å². The number of amides is 1. The summed E-state index contributed by atoms with van der Waals surface area (Å²) in [6.07, 6.45) is 0.744. The fraction of sp³-hybridized carbons (Fsp3) is 0.333. The average Bonchev–Trinajstić information content (AvgIpc) is 2.85. The van der Waals surface area contributed by atoms with E-state index in [2.05, 4.69) is 5.32 Å². The maximum Gasteiger partial charge on any atom is 0.229 e. The minimum absolute atomic E-state index is 0.0718. The first-order valence-corrected chi connectivity index (χ1v) is 6.34. The molecule has 18 heavy (non-hydrogen) atoms. The first-order chi connectivity index (χ1) is 8.58. The number of hydrogen-bond acceptors (Lipinski definition) is 3. The Bertz CT molecular complexity index is 487. The standard InChI is InChI=1S/C12H13ClN2O2S/c13-9-5-7(11(14)18)1-2-10(9)15-12(16)8-3-4-17-6-8/h1-2,5,8H,3-4,6H2,(H2,14,18)(H,15,16). The van der Waals surface area contributed by atoms with E-state index in [1.807, 2.05) is 0 Å². The molecular formula is C12H13ClN2O2S. The molecule has 0 saturated carbocycles. The molecule has 1 atom stereocenters. The lowest BCUT2D eigenvalue weighted by Crippen LogP contribution is -2.23. The van der Waals surface area contributed by atoms with E-state index in [1.54, 1.807) is 18.2 Å². The van der Waals surface area contributed by atoms with Gasteiger partial charge in [-0.3, -0.25) is 4.79 Å². The van der Waals surface area contributed by atoms with Crippen LogP contribution in [-0.2, 0) is 9.53 Å². The Morgan fingerprint density at radius 2 is 2.33 bits per heavy atom. The Balaban J connectivity index is 2.09. The maximum absolute atomic E-state index is 11.9. The van der Waals surface area contributed by atoms with E-state index in [4.69, 9.17) is 34.3 Å². The fourth-order valence-electron chi connectivity index (χ4n) is 1.75. The predicted molar refractivity (Wildman–Crippen MR) is 74.9 cm³/mol. The smallest absolute Gasteiger partial charge is 0.229 e. The number of carbonyl (C=O) groups excluding carboxylic acids is 1. The third-order valence-electron chi connectivity index (χ3n) is 2.81. The highest BCUT2D eigenvalue weighted by atomic mass is 35.5. The molecule has 1 saturated heterocycles. The summed E-state index contributed by atoms with van der Waals surface area (Å²) in [5.74, 6) is -0.172. The van der Waals surface area contributed by atoms with E-state index in [1.165, 1.54) is 0 Å². The van der Waals surface area contributed by atoms with Crippen molar-refractivity contribution in [2.24, 2.45) is 11.7 Å². The number of nitrogens with two attached hydrogens (primary N) is 1. The molecule has 2 rings (SSSR count). The van der Waals surface area contributed by atoms with Gasteiger partial charge in [-0.1, -0.05) is 23.8 Å². The highest BCUT2D eigenvalue weighted by Gasteiger charge is 2.23. The lowest BCUT2D eigenvalue weighted by atomic mass is 10.1. The van der Waals surface area contributed by atoms with Gasteiger partial charge in [0, 0.05) is 12.2 Å². The molecule has 1 aromatic carbocycles. The van der Waals surface area contributed by atoms with Gasteiger partial charge in [0.15, 0.2) is 0 Å². The van der Waals surface area contributed by atoms with Crippen LogP contribution < -0.4 is 11.1 Å². The van der Waals surface area contributed by atoms with Crippen LogP contribution in [0.2, 0.25) is 5.02 Å². The molecule has 1 fully saturated rings. The molecule has 0 bridgehead atoms. The van der Waals surface area contributed by atoms with Gasteiger partial charge in [0.1, 0.15) is 4.99 Å². The summed E-state index contributed by atoms with van der Waals surface area (Å²) in [7, 11) is 0. The van der Waals surface area contributed by atoms with Crippen molar-refractivity contribution in [3.63, 3.8) is 0 Å². The first kappa shape index (κ1) is 13.3. The van der Waals surface area contributed by atoms with Gasteiger partial charge in [-0.25, -0.2) is 0 Å². The molecule has 96 valence electrons. The van der Waals surface area contributed by atoms with Crippen molar-refractivity contribution in [1.82, 2.24) is 0 Å². The number of hydrogen-bond donors (Lipinski definition) is 2. The van der Waals surface area contributed by atoms with E-state index >= 15 is 0 Å². The SMILES string of the molecule is NC(=S)c1ccc(NC(=O)C2CCOC2)c(Cl)c1. The molecule has 1 aromatic rings. The van der Waals surface area contributed by atoms with Crippen LogP contribution in [0, 0.1) is 5.92 Å². The van der Waals surface area contributed by atoms with Gasteiger partial charge >= 0.3 is 0 Å². The number of benzene rings is 1. The third kappa shape index (κ3) is 2.98. The number of ether oxygens (including phenoxy) is 1. The Morgan fingerprint density at radius 1 is 1.56 bits per heavy atom. The fourth-order valence-corrected chi connectivity index (χ4v) is 2.10. The van der Waals surface area contributed by atoms with Gasteiger partial charge in [0.05, 0.1) is 23.2 Å². The number of nitrogens with one attached hydrogen (secondary N) is 1. The van der Waals surface area contributed by atoms with Crippen molar-refractivity contribution in [1.29, 1.82) is 0 Å². The number of thiocarbonyl (C=S) groups is 1. The first-order valence-electron chi connectivity index (χ1n) is 5.56. The molecule has 3 N–H and O–H groups in total. The van der Waals surface area contributed by atoms with Crippen LogP contribution >= 0.6 is 23.8 Å². The van der Waals surface area contributed by atoms with E-state index in [0.29, 0.717) is 29.5 Å². The summed E-state index contributed by atoms with van der Waals surface area (Å²) in [5, 5.41) is 3.21. The highest BCUT2D eigenvalue weighted by molar-refractivity contribution is 7.80. The molecule has 0 radical (unpaired) electrons. The van der Waals surface area contributed by atoms with Crippen LogP contribution in [-0.4, -0.2) is 24.1 Å². The molecule has 1 heterocycles. The second-order valence-electron chi connectivity index (χ2n) is 4.11. The Morgan fingerprint density at radius 3 is 2.89 bits per heavy atom. The van der Waals surface area contributed by atoms with E-state index in [9.17, 15) is 4.79 Å². The Kier molecular flexibility index (Phi) is 4.16. The number of anilines is 1. The summed E-state index contributed by atoms with van der Waals surface area (Å²) in [4.78, 5) is 12.2. The zero-order chi connectivity index (χ0) is 13.1. The second-order valence-corrected chi connectivity index (χ2v) is 4.96. The maximum atomic E-state index is 11.9. The van der Waals surface area contributed by atoms with Crippen LogP contribution in [0.3, 0.4) is 0 Å². The van der Waals surface area contributed by atoms with Crippen molar-refractivity contribution < 1.29 is 9.53 Å². The van der Waals surface area contributed by atoms with Crippen molar-refractivity contribution in [3.8, 4) is 0 Å². The van der Waals surface area contributed by atoms with Crippen LogP contribution in [0.4, 0.5) is 5.69 Å². The highest BCUT2D eigenvalue weighted by Crippen LogP contribution is 2.24. The molecule has 6 heteroatoms. The molecular weight excluding hydrogens is 272 g/mol. The molecule has 4 nitrogen and oxygen atoms in total. The molecule has 0 spiro atoms. The van der Waals surface area contributed by atoms with Gasteiger partial charge in [-0.2, -0.15) is 0 Å². The molecule has 0 aromatic heterocycles. The molecule has 1 aliphatic heterocycles. The summed E-state index contributed by atoms with van der Waals surface area (Å²) >= 11 is 10.9. The normalized spacial score (nSPS) is 18.6. The van der Waals surface area contributed by atoms with Gasteiger partial charge in [-0.15, -0.1) is 0 Å². The Hall–Kier alpha value is -1.17. The Labute approximate surface area is 115 Å². The average molecular weight is 285 g/mol. The lowest BCUT2D eigenvalue weighted by Gasteiger charge is -2.11. The zero-order valence-corrected chi connectivity index (χ0v) is 11.2. The lowest BCUT2D eigenvalue weighted by molar-refractivity contribution is -0.119. The zero-order valence-electron chi connectivity index (χ0n) is 9.61. The molecule has 1 aliphatic rings. The largest absolute Gasteiger partial charge is 0.389 e. The quantitative estimate of drug-likeness (QED) is 0.833. The van der Waals surface area contributed by atoms with Gasteiger partial charge in [-0.05, 0) is 24.6 Å². The van der Waals surface area contributed by atoms with E-state index < -0.39 is 0 Å². The van der Waals surface area contributed by atoms with Gasteiger partial charge in [0.2, 0.25) is 5.91 Å². The number of carbonyl (C=O) groups is 1. The number of halogens is 1. The second kappa shape index (κ2) is 5.65. The monoisotopic (exact) mass is 284 g/mol. The van der Waals surface area contributed by atoms with Gasteiger partial charge in [0.25, 0.3) is 0 Å². The van der Waals surface area contributed by atoms with Crippen molar-refractivity contribution >= 4 is 40.4 Å². The molecule has 0 aliphatic carbocycles. The summed E-state index contributed by atoms with van der Waals surface area (Å²) in [6, 6.07) is 5.07.